The van der Waals surface area contributed by atoms with Crippen molar-refractivity contribution in [2.45, 2.75) is 4.90 Å². The van der Waals surface area contributed by atoms with Crippen LogP contribution in [0.25, 0.3) is 10.9 Å². The van der Waals surface area contributed by atoms with Crippen LogP contribution in [-0.4, -0.2) is 30.3 Å². The fraction of sp³-hybridized carbons (Fsp3) is 0.273. The predicted octanol–water partition coefficient (Wildman–Crippen LogP) is -0.574. The molecule has 2 N–H and O–H groups in total. The molecule has 0 fully saturated rings. The van der Waals surface area contributed by atoms with Crippen molar-refractivity contribution in [3.05, 3.63) is 33.0 Å². The molecular formula is C11H11N3O4S. The number of nitrogens with one attached hydrogen (secondary N) is 2. The van der Waals surface area contributed by atoms with Crippen LogP contribution in [0.1, 0.15) is 0 Å². The van der Waals surface area contributed by atoms with Crippen LogP contribution < -0.4 is 16.6 Å². The molecule has 1 aromatic heterocycles. The quantitative estimate of drug-likeness (QED) is 0.673. The molecule has 0 radical (unpaired) electrons. The Morgan fingerprint density at radius 3 is 2.74 bits per heavy atom. The first-order valence-electron chi connectivity index (χ1n) is 5.64. The van der Waals surface area contributed by atoms with E-state index in [-0.39, 0.29) is 16.0 Å². The number of rotatable bonds is 0. The molecule has 3 rings (SSSR count). The van der Waals surface area contributed by atoms with Crippen molar-refractivity contribution < 1.29 is 8.42 Å². The number of aromatic nitrogens is 2. The maximum absolute atomic E-state index is 12.0. The summed E-state index contributed by atoms with van der Waals surface area (Å²) in [4.78, 5) is 26.1. The van der Waals surface area contributed by atoms with Crippen LogP contribution in [0.4, 0.5) is 5.69 Å². The molecular weight excluding hydrogens is 270 g/mol. The molecule has 0 aliphatic carbocycles. The van der Waals surface area contributed by atoms with Crippen LogP contribution in [-0.2, 0) is 16.9 Å². The van der Waals surface area contributed by atoms with E-state index in [9.17, 15) is 18.0 Å². The molecule has 100 valence electrons. The second-order valence-electron chi connectivity index (χ2n) is 4.43. The van der Waals surface area contributed by atoms with Gasteiger partial charge in [0.2, 0.25) is 0 Å². The van der Waals surface area contributed by atoms with Crippen LogP contribution in [0, 0.1) is 0 Å². The number of benzene rings is 1. The van der Waals surface area contributed by atoms with Gasteiger partial charge in [0.15, 0.2) is 9.84 Å². The Labute approximate surface area is 107 Å². The molecule has 2 aromatic rings. The number of hydrogen-bond donors (Lipinski definition) is 2. The first-order valence-corrected chi connectivity index (χ1v) is 7.29. The monoisotopic (exact) mass is 281 g/mol. The molecule has 1 aliphatic heterocycles. The zero-order valence-electron chi connectivity index (χ0n) is 10.1. The number of nitrogens with zero attached hydrogens (tertiary/aromatic N) is 1. The predicted molar refractivity (Wildman–Crippen MR) is 70.4 cm³/mol. The topological polar surface area (TPSA) is 101 Å². The average Bonchev–Trinajstić information content (AvgIpc) is 2.34. The summed E-state index contributed by atoms with van der Waals surface area (Å²) in [7, 11) is -2.04. The molecule has 1 aliphatic rings. The number of sulfone groups is 1. The van der Waals surface area contributed by atoms with Gasteiger partial charge in [-0.15, -0.1) is 0 Å². The van der Waals surface area contributed by atoms with E-state index in [1.54, 1.807) is 0 Å². The van der Waals surface area contributed by atoms with Crippen molar-refractivity contribution in [3.63, 3.8) is 0 Å². The Kier molecular flexibility index (Phi) is 2.33. The van der Waals surface area contributed by atoms with Crippen LogP contribution in [0.5, 0.6) is 0 Å². The summed E-state index contributed by atoms with van der Waals surface area (Å²) in [5.74, 6) is -0.00479. The number of anilines is 1. The molecule has 19 heavy (non-hydrogen) atoms. The Hall–Kier alpha value is -2.09. The third-order valence-corrected chi connectivity index (χ3v) is 4.97. The van der Waals surface area contributed by atoms with Crippen molar-refractivity contribution in [1.82, 2.24) is 9.55 Å². The molecule has 0 saturated carbocycles. The number of fused-ring (bicyclic) bond motifs is 2. The van der Waals surface area contributed by atoms with E-state index in [4.69, 9.17) is 0 Å². The third kappa shape index (κ3) is 1.67. The maximum atomic E-state index is 12.0. The summed E-state index contributed by atoms with van der Waals surface area (Å²) < 4.78 is 24.8. The highest BCUT2D eigenvalue weighted by molar-refractivity contribution is 7.91. The molecule has 8 heteroatoms. The summed E-state index contributed by atoms with van der Waals surface area (Å²) in [5, 5.41) is 3.14. The van der Waals surface area contributed by atoms with E-state index in [1.807, 2.05) is 0 Å². The number of hydrogen-bond acceptors (Lipinski definition) is 5. The standard InChI is InChI=1S/C11H11N3O4S/c1-14-10(15)6-4-9-8(5-7(6)13-11(14)16)12-2-3-19(9,17)18/h4-5,12H,2-3H2,1H3,(H,13,16). The summed E-state index contributed by atoms with van der Waals surface area (Å²) in [6.07, 6.45) is 0. The smallest absolute Gasteiger partial charge is 0.328 e. The van der Waals surface area contributed by atoms with E-state index >= 15 is 0 Å². The van der Waals surface area contributed by atoms with Crippen LogP contribution in [0.3, 0.4) is 0 Å². The van der Waals surface area contributed by atoms with Crippen LogP contribution in [0.2, 0.25) is 0 Å². The van der Waals surface area contributed by atoms with Crippen molar-refractivity contribution in [1.29, 1.82) is 0 Å². The molecule has 7 nitrogen and oxygen atoms in total. The van der Waals surface area contributed by atoms with Crippen molar-refractivity contribution >= 4 is 26.4 Å². The minimum absolute atomic E-state index is 0.00479. The zero-order valence-corrected chi connectivity index (χ0v) is 10.9. The molecule has 0 saturated heterocycles. The molecule has 0 bridgehead atoms. The van der Waals surface area contributed by atoms with E-state index < -0.39 is 21.1 Å². The fourth-order valence-electron chi connectivity index (χ4n) is 2.16. The summed E-state index contributed by atoms with van der Waals surface area (Å²) >= 11 is 0. The maximum Gasteiger partial charge on any atom is 0.328 e. The molecule has 1 aromatic carbocycles. The van der Waals surface area contributed by atoms with Gasteiger partial charge in [-0.1, -0.05) is 0 Å². The first-order chi connectivity index (χ1) is 8.90. The van der Waals surface area contributed by atoms with Gasteiger partial charge in [0.05, 0.1) is 27.2 Å². The van der Waals surface area contributed by atoms with Gasteiger partial charge in [-0.3, -0.25) is 9.36 Å². The normalized spacial score (nSPS) is 16.9. The Balaban J connectivity index is 2.50. The first kappa shape index (κ1) is 12.0. The molecule has 0 atom stereocenters. The van der Waals surface area contributed by atoms with Gasteiger partial charge >= 0.3 is 5.69 Å². The minimum Gasteiger partial charge on any atom is -0.383 e. The lowest BCUT2D eigenvalue weighted by molar-refractivity contribution is 0.595. The fourth-order valence-corrected chi connectivity index (χ4v) is 3.51. The number of aromatic amines is 1. The van der Waals surface area contributed by atoms with E-state index in [0.717, 1.165) is 4.57 Å². The summed E-state index contributed by atoms with van der Waals surface area (Å²) in [6, 6.07) is 2.81. The van der Waals surface area contributed by atoms with Gasteiger partial charge in [-0.05, 0) is 12.1 Å². The second kappa shape index (κ2) is 3.70. The van der Waals surface area contributed by atoms with Gasteiger partial charge < -0.3 is 10.3 Å². The zero-order chi connectivity index (χ0) is 13.8. The Morgan fingerprint density at radius 1 is 1.26 bits per heavy atom. The summed E-state index contributed by atoms with van der Waals surface area (Å²) in [5.41, 5.74) is -0.294. The highest BCUT2D eigenvalue weighted by Gasteiger charge is 2.24. The van der Waals surface area contributed by atoms with Crippen LogP contribution in [0.15, 0.2) is 26.6 Å². The van der Waals surface area contributed by atoms with Crippen molar-refractivity contribution in [3.8, 4) is 0 Å². The highest BCUT2D eigenvalue weighted by Crippen LogP contribution is 2.28. The van der Waals surface area contributed by atoms with E-state index in [1.165, 1.54) is 19.2 Å². The largest absolute Gasteiger partial charge is 0.383 e. The summed E-state index contributed by atoms with van der Waals surface area (Å²) in [6.45, 7) is 0.315. The lowest BCUT2D eigenvalue weighted by Crippen LogP contribution is -2.33. The molecule has 0 spiro atoms. The van der Waals surface area contributed by atoms with Gasteiger partial charge in [0.25, 0.3) is 5.56 Å². The van der Waals surface area contributed by atoms with Gasteiger partial charge in [-0.25, -0.2) is 13.2 Å². The molecule has 2 heterocycles. The Morgan fingerprint density at radius 2 is 2.00 bits per heavy atom. The second-order valence-corrected chi connectivity index (χ2v) is 6.51. The van der Waals surface area contributed by atoms with Gasteiger partial charge in [0, 0.05) is 13.6 Å². The third-order valence-electron chi connectivity index (χ3n) is 3.22. The van der Waals surface area contributed by atoms with E-state index in [0.29, 0.717) is 17.7 Å². The highest BCUT2D eigenvalue weighted by atomic mass is 32.2. The lowest BCUT2D eigenvalue weighted by Gasteiger charge is -2.18. The lowest BCUT2D eigenvalue weighted by atomic mass is 10.2. The van der Waals surface area contributed by atoms with Gasteiger partial charge in [0.1, 0.15) is 0 Å². The van der Waals surface area contributed by atoms with Crippen molar-refractivity contribution in [2.24, 2.45) is 7.05 Å². The van der Waals surface area contributed by atoms with E-state index in [2.05, 4.69) is 10.3 Å². The molecule has 0 unspecified atom stereocenters. The molecule has 0 amide bonds. The van der Waals surface area contributed by atoms with Crippen LogP contribution >= 0.6 is 0 Å². The van der Waals surface area contributed by atoms with Gasteiger partial charge in [-0.2, -0.15) is 0 Å². The average molecular weight is 281 g/mol. The Bertz CT molecular complexity index is 908. The number of H-pyrrole nitrogens is 1. The minimum atomic E-state index is -3.38. The SMILES string of the molecule is Cn1c(=O)[nH]c2cc3c(cc2c1=O)S(=O)(=O)CCN3. The van der Waals surface area contributed by atoms with Crippen molar-refractivity contribution in [2.75, 3.05) is 17.6 Å².